The van der Waals surface area contributed by atoms with Crippen molar-refractivity contribution in [2.45, 2.75) is 12.5 Å². The smallest absolute Gasteiger partial charge is 0.320 e. The number of hydrogen-bond donors (Lipinski definition) is 2. The molecule has 2 aromatic rings. The van der Waals surface area contributed by atoms with Gasteiger partial charge in [-0.1, -0.05) is 53.2 Å². The summed E-state index contributed by atoms with van der Waals surface area (Å²) in [4.78, 5) is 10.7. The van der Waals surface area contributed by atoms with Gasteiger partial charge in [0.2, 0.25) is 0 Å². The molecule has 0 aliphatic carbocycles. The molecule has 1 atom stereocenters. The summed E-state index contributed by atoms with van der Waals surface area (Å²) in [6.45, 7) is 0. The summed E-state index contributed by atoms with van der Waals surface area (Å²) < 4.78 is 0. The van der Waals surface area contributed by atoms with Crippen LogP contribution in [0.25, 0.3) is 0 Å². The Bertz CT molecular complexity index is 728. The Balaban J connectivity index is 0.00000264. The number of carboxylic acids is 1. The van der Waals surface area contributed by atoms with Crippen LogP contribution in [-0.4, -0.2) is 17.1 Å². The molecule has 0 unspecified atom stereocenters. The summed E-state index contributed by atoms with van der Waals surface area (Å²) in [6.07, 6.45) is 0.277. The van der Waals surface area contributed by atoms with Gasteiger partial charge in [0.25, 0.3) is 0 Å². The van der Waals surface area contributed by atoms with E-state index in [2.05, 4.69) is 11.8 Å². The van der Waals surface area contributed by atoms with Crippen molar-refractivity contribution in [2.24, 2.45) is 5.73 Å². The van der Waals surface area contributed by atoms with Crippen molar-refractivity contribution in [1.29, 1.82) is 0 Å². The summed E-state index contributed by atoms with van der Waals surface area (Å²) in [6, 6.07) is 11.5. The molecule has 0 amide bonds. The Hall–Kier alpha value is -1.70. The number of carbonyl (C=O) groups is 1. The van der Waals surface area contributed by atoms with Crippen LogP contribution in [0.1, 0.15) is 16.7 Å². The molecule has 3 nitrogen and oxygen atoms in total. The molecule has 0 aliphatic rings. The van der Waals surface area contributed by atoms with Gasteiger partial charge < -0.3 is 10.8 Å². The third-order valence-corrected chi connectivity index (χ3v) is 3.65. The van der Waals surface area contributed by atoms with Crippen molar-refractivity contribution < 1.29 is 9.90 Å². The highest BCUT2D eigenvalue weighted by atomic mass is 35.5. The number of benzene rings is 2. The van der Waals surface area contributed by atoms with E-state index in [1.165, 1.54) is 0 Å². The predicted molar refractivity (Wildman–Crippen MR) is 95.4 cm³/mol. The van der Waals surface area contributed by atoms with Crippen molar-refractivity contribution in [3.63, 3.8) is 0 Å². The molecular formula is C17H14Cl3NO2. The quantitative estimate of drug-likeness (QED) is 0.808. The van der Waals surface area contributed by atoms with Gasteiger partial charge in [0, 0.05) is 5.56 Å². The van der Waals surface area contributed by atoms with Gasteiger partial charge in [-0.15, -0.1) is 12.4 Å². The molecule has 0 saturated heterocycles. The molecule has 0 saturated carbocycles. The maximum atomic E-state index is 10.7. The topological polar surface area (TPSA) is 63.3 Å². The molecule has 0 spiro atoms. The molecular weight excluding hydrogens is 357 g/mol. The first-order valence-electron chi connectivity index (χ1n) is 6.50. The van der Waals surface area contributed by atoms with Crippen LogP contribution in [0.2, 0.25) is 10.0 Å². The molecule has 0 bridgehead atoms. The Morgan fingerprint density at radius 2 is 1.65 bits per heavy atom. The van der Waals surface area contributed by atoms with Crippen LogP contribution in [0, 0.1) is 11.8 Å². The molecule has 0 aliphatic heterocycles. The molecule has 0 fully saturated rings. The van der Waals surface area contributed by atoms with E-state index in [1.54, 1.807) is 30.3 Å². The monoisotopic (exact) mass is 369 g/mol. The first-order chi connectivity index (χ1) is 10.5. The van der Waals surface area contributed by atoms with Crippen molar-refractivity contribution in [3.8, 4) is 11.8 Å². The Morgan fingerprint density at radius 3 is 2.17 bits per heavy atom. The number of rotatable bonds is 3. The van der Waals surface area contributed by atoms with Crippen molar-refractivity contribution in [2.75, 3.05) is 0 Å². The summed E-state index contributed by atoms with van der Waals surface area (Å²) in [5.41, 5.74) is 7.71. The third kappa shape index (κ3) is 5.46. The lowest BCUT2D eigenvalue weighted by Gasteiger charge is -2.05. The fourth-order valence-corrected chi connectivity index (χ4v) is 2.31. The van der Waals surface area contributed by atoms with Crippen LogP contribution < -0.4 is 5.73 Å². The van der Waals surface area contributed by atoms with Crippen LogP contribution in [-0.2, 0) is 11.2 Å². The van der Waals surface area contributed by atoms with E-state index >= 15 is 0 Å². The van der Waals surface area contributed by atoms with Gasteiger partial charge >= 0.3 is 5.97 Å². The Morgan fingerprint density at radius 1 is 1.09 bits per heavy atom. The van der Waals surface area contributed by atoms with Gasteiger partial charge in [-0.05, 0) is 36.2 Å². The molecule has 0 aromatic heterocycles. The average Bonchev–Trinajstić information content (AvgIpc) is 2.48. The first-order valence-corrected chi connectivity index (χ1v) is 7.26. The second-order valence-electron chi connectivity index (χ2n) is 4.69. The van der Waals surface area contributed by atoms with Crippen LogP contribution >= 0.6 is 35.6 Å². The highest BCUT2D eigenvalue weighted by Gasteiger charge is 2.11. The maximum Gasteiger partial charge on any atom is 0.320 e. The van der Waals surface area contributed by atoms with E-state index in [-0.39, 0.29) is 18.8 Å². The molecule has 6 heteroatoms. The lowest BCUT2D eigenvalue weighted by molar-refractivity contribution is -0.138. The van der Waals surface area contributed by atoms with Crippen LogP contribution in [0.4, 0.5) is 0 Å². The predicted octanol–water partition coefficient (Wildman–Crippen LogP) is 3.77. The number of halogens is 3. The van der Waals surface area contributed by atoms with Crippen molar-refractivity contribution in [1.82, 2.24) is 0 Å². The standard InChI is InChI=1S/C17H13Cl2NO2.ClH/c18-14-2-1-3-15(19)13(14)9-8-11-4-6-12(7-5-11)10-16(20)17(21)22;/h1-7,16H,10,20H2,(H,21,22);1H/t16-;/m0./s1. The molecule has 2 rings (SSSR count). The van der Waals surface area contributed by atoms with Crippen LogP contribution in [0.15, 0.2) is 42.5 Å². The van der Waals surface area contributed by atoms with E-state index < -0.39 is 12.0 Å². The minimum absolute atomic E-state index is 0. The lowest BCUT2D eigenvalue weighted by atomic mass is 10.0. The van der Waals surface area contributed by atoms with E-state index in [0.717, 1.165) is 11.1 Å². The number of hydrogen-bond acceptors (Lipinski definition) is 2. The Kier molecular flexibility index (Phi) is 7.41. The average molecular weight is 371 g/mol. The SMILES string of the molecule is Cl.N[C@@H](Cc1ccc(C#Cc2c(Cl)cccc2Cl)cc1)C(=O)O. The van der Waals surface area contributed by atoms with Gasteiger partial charge in [-0.2, -0.15) is 0 Å². The fraction of sp³-hybridized carbons (Fsp3) is 0.118. The summed E-state index contributed by atoms with van der Waals surface area (Å²) >= 11 is 12.1. The van der Waals surface area contributed by atoms with E-state index in [4.69, 9.17) is 34.0 Å². The van der Waals surface area contributed by atoms with Crippen LogP contribution in [0.3, 0.4) is 0 Å². The van der Waals surface area contributed by atoms with Gasteiger partial charge in [0.1, 0.15) is 6.04 Å². The highest BCUT2D eigenvalue weighted by molar-refractivity contribution is 6.36. The largest absolute Gasteiger partial charge is 0.480 e. The normalized spacial score (nSPS) is 10.9. The number of carboxylic acid groups (broad SMARTS) is 1. The van der Waals surface area contributed by atoms with Gasteiger partial charge in [0.05, 0.1) is 15.6 Å². The molecule has 2 aromatic carbocycles. The first kappa shape index (κ1) is 19.3. The zero-order chi connectivity index (χ0) is 16.1. The lowest BCUT2D eigenvalue weighted by Crippen LogP contribution is -2.32. The summed E-state index contributed by atoms with van der Waals surface area (Å²) in [7, 11) is 0. The fourth-order valence-electron chi connectivity index (χ4n) is 1.82. The van der Waals surface area contributed by atoms with E-state index in [9.17, 15) is 4.79 Å². The molecule has 120 valence electrons. The highest BCUT2D eigenvalue weighted by Crippen LogP contribution is 2.23. The minimum Gasteiger partial charge on any atom is -0.480 e. The van der Waals surface area contributed by atoms with Crippen molar-refractivity contribution in [3.05, 3.63) is 69.2 Å². The zero-order valence-electron chi connectivity index (χ0n) is 11.9. The van der Waals surface area contributed by atoms with E-state index in [1.807, 2.05) is 12.1 Å². The second kappa shape index (κ2) is 8.81. The summed E-state index contributed by atoms with van der Waals surface area (Å²) in [5.74, 6) is 4.91. The number of nitrogens with two attached hydrogens (primary N) is 1. The van der Waals surface area contributed by atoms with Crippen molar-refractivity contribution >= 4 is 41.6 Å². The van der Waals surface area contributed by atoms with E-state index in [0.29, 0.717) is 15.6 Å². The maximum absolute atomic E-state index is 10.7. The molecule has 23 heavy (non-hydrogen) atoms. The summed E-state index contributed by atoms with van der Waals surface area (Å²) in [5, 5.41) is 9.80. The minimum atomic E-state index is -1.02. The number of aliphatic carboxylic acids is 1. The van der Waals surface area contributed by atoms with Gasteiger partial charge in [-0.25, -0.2) is 0 Å². The third-order valence-electron chi connectivity index (χ3n) is 3.02. The molecule has 3 N–H and O–H groups in total. The zero-order valence-corrected chi connectivity index (χ0v) is 14.3. The van der Waals surface area contributed by atoms with Crippen LogP contribution in [0.5, 0.6) is 0 Å². The van der Waals surface area contributed by atoms with Gasteiger partial charge in [0.15, 0.2) is 0 Å². The molecule has 0 radical (unpaired) electrons. The van der Waals surface area contributed by atoms with Gasteiger partial charge in [-0.3, -0.25) is 4.79 Å². The second-order valence-corrected chi connectivity index (χ2v) is 5.51. The molecule has 0 heterocycles. The Labute approximate surface area is 150 Å².